The number of aromatic nitrogens is 2. The Morgan fingerprint density at radius 2 is 2.17 bits per heavy atom. The van der Waals surface area contributed by atoms with Gasteiger partial charge in [-0.2, -0.15) is 4.98 Å². The van der Waals surface area contributed by atoms with Crippen molar-refractivity contribution in [1.29, 1.82) is 0 Å². The van der Waals surface area contributed by atoms with Crippen LogP contribution in [0.4, 0.5) is 21.8 Å². The van der Waals surface area contributed by atoms with E-state index in [-0.39, 0.29) is 29.8 Å². The van der Waals surface area contributed by atoms with Crippen molar-refractivity contribution in [2.75, 3.05) is 22.9 Å². The summed E-state index contributed by atoms with van der Waals surface area (Å²) >= 11 is 0. The summed E-state index contributed by atoms with van der Waals surface area (Å²) < 4.78 is 12.6. The lowest BCUT2D eigenvalue weighted by atomic mass is 10.2. The molecule has 1 amide bonds. The average molecular weight is 317 g/mol. The maximum absolute atomic E-state index is 12.6. The molecule has 0 saturated carbocycles. The largest absolute Gasteiger partial charge is 0.368 e. The summed E-state index contributed by atoms with van der Waals surface area (Å²) in [5.74, 6) is -0.169. The third-order valence-corrected chi connectivity index (χ3v) is 3.05. The molecule has 1 aromatic heterocycles. The SMILES string of the molecule is Cc1nc(N)nc(NCC(=O)Nc2cccc(CF)c2)c1C=O. The van der Waals surface area contributed by atoms with E-state index in [0.29, 0.717) is 23.2 Å². The molecule has 0 spiro atoms. The average Bonchev–Trinajstić information content (AvgIpc) is 2.52. The van der Waals surface area contributed by atoms with Gasteiger partial charge in [-0.25, -0.2) is 9.37 Å². The summed E-state index contributed by atoms with van der Waals surface area (Å²) in [6.07, 6.45) is 0.597. The lowest BCUT2D eigenvalue weighted by Crippen LogP contribution is -2.23. The maximum Gasteiger partial charge on any atom is 0.243 e. The number of alkyl halides is 1. The molecule has 0 aliphatic carbocycles. The molecule has 0 unspecified atom stereocenters. The number of benzene rings is 1. The van der Waals surface area contributed by atoms with Crippen LogP contribution in [0.3, 0.4) is 0 Å². The number of aldehydes is 1. The molecule has 2 rings (SSSR count). The van der Waals surface area contributed by atoms with E-state index in [1.807, 2.05) is 0 Å². The lowest BCUT2D eigenvalue weighted by molar-refractivity contribution is -0.114. The van der Waals surface area contributed by atoms with Crippen LogP contribution < -0.4 is 16.4 Å². The number of aryl methyl sites for hydroxylation is 1. The van der Waals surface area contributed by atoms with Crippen LogP contribution in [0.1, 0.15) is 21.6 Å². The molecule has 1 aromatic carbocycles. The molecule has 120 valence electrons. The number of nitrogen functional groups attached to an aromatic ring is 1. The van der Waals surface area contributed by atoms with E-state index >= 15 is 0 Å². The van der Waals surface area contributed by atoms with Crippen LogP contribution in [0.5, 0.6) is 0 Å². The van der Waals surface area contributed by atoms with Crippen LogP contribution in [0, 0.1) is 6.92 Å². The number of hydrogen-bond donors (Lipinski definition) is 3. The van der Waals surface area contributed by atoms with E-state index in [2.05, 4.69) is 20.6 Å². The van der Waals surface area contributed by atoms with Crippen molar-refractivity contribution >= 4 is 29.6 Å². The molecule has 1 heterocycles. The van der Waals surface area contributed by atoms with Crippen LogP contribution in [0.2, 0.25) is 0 Å². The first-order valence-electron chi connectivity index (χ1n) is 6.81. The van der Waals surface area contributed by atoms with Crippen molar-refractivity contribution < 1.29 is 14.0 Å². The maximum atomic E-state index is 12.6. The number of nitrogens with one attached hydrogen (secondary N) is 2. The van der Waals surface area contributed by atoms with Crippen molar-refractivity contribution in [3.8, 4) is 0 Å². The number of anilines is 3. The van der Waals surface area contributed by atoms with Gasteiger partial charge in [0, 0.05) is 5.69 Å². The second-order valence-electron chi connectivity index (χ2n) is 4.78. The number of carbonyl (C=O) groups is 2. The fourth-order valence-corrected chi connectivity index (χ4v) is 1.98. The fourth-order valence-electron chi connectivity index (χ4n) is 1.98. The molecule has 0 bridgehead atoms. The Bertz CT molecular complexity index is 736. The third kappa shape index (κ3) is 4.22. The molecule has 0 fully saturated rings. The van der Waals surface area contributed by atoms with Crippen molar-refractivity contribution in [3.63, 3.8) is 0 Å². The van der Waals surface area contributed by atoms with Crippen molar-refractivity contribution in [1.82, 2.24) is 9.97 Å². The summed E-state index contributed by atoms with van der Waals surface area (Å²) in [6, 6.07) is 6.47. The lowest BCUT2D eigenvalue weighted by Gasteiger charge is -2.10. The van der Waals surface area contributed by atoms with Gasteiger partial charge in [-0.15, -0.1) is 0 Å². The van der Waals surface area contributed by atoms with Crippen LogP contribution in [-0.2, 0) is 11.5 Å². The van der Waals surface area contributed by atoms with E-state index in [1.54, 1.807) is 31.2 Å². The zero-order chi connectivity index (χ0) is 16.8. The molecule has 0 atom stereocenters. The van der Waals surface area contributed by atoms with Crippen LogP contribution in [0.25, 0.3) is 0 Å². The second-order valence-corrected chi connectivity index (χ2v) is 4.78. The second kappa shape index (κ2) is 7.30. The highest BCUT2D eigenvalue weighted by Crippen LogP contribution is 2.15. The molecule has 2 aromatic rings. The number of nitrogens with zero attached hydrogens (tertiary/aromatic N) is 2. The third-order valence-electron chi connectivity index (χ3n) is 3.05. The van der Waals surface area contributed by atoms with Gasteiger partial charge in [-0.1, -0.05) is 12.1 Å². The van der Waals surface area contributed by atoms with Crippen LogP contribution in [0.15, 0.2) is 24.3 Å². The van der Waals surface area contributed by atoms with Gasteiger partial charge < -0.3 is 16.4 Å². The monoisotopic (exact) mass is 317 g/mol. The molecular formula is C15H16FN5O2. The van der Waals surface area contributed by atoms with Crippen molar-refractivity contribution in [3.05, 3.63) is 41.1 Å². The molecule has 23 heavy (non-hydrogen) atoms. The molecule has 8 heteroatoms. The highest BCUT2D eigenvalue weighted by molar-refractivity contribution is 5.94. The van der Waals surface area contributed by atoms with E-state index in [9.17, 15) is 14.0 Å². The van der Waals surface area contributed by atoms with E-state index in [1.165, 1.54) is 0 Å². The first-order chi connectivity index (χ1) is 11.0. The first kappa shape index (κ1) is 16.3. The standard InChI is InChI=1S/C15H16FN5O2/c1-9-12(8-22)14(21-15(17)19-9)18-7-13(23)20-11-4-2-3-10(5-11)6-16/h2-5,8H,6-7H2,1H3,(H,20,23)(H3,17,18,19,21). The normalized spacial score (nSPS) is 10.2. The minimum absolute atomic E-state index is 0.00616. The molecule has 0 saturated heterocycles. The molecule has 4 N–H and O–H groups in total. The Balaban J connectivity index is 2.03. The molecule has 0 aliphatic rings. The number of amides is 1. The zero-order valence-electron chi connectivity index (χ0n) is 12.5. The Hall–Kier alpha value is -3.03. The Kier molecular flexibility index (Phi) is 5.19. The van der Waals surface area contributed by atoms with Crippen LogP contribution in [-0.4, -0.2) is 28.7 Å². The molecule has 0 aliphatic heterocycles. The van der Waals surface area contributed by atoms with Gasteiger partial charge in [-0.05, 0) is 24.6 Å². The first-order valence-corrected chi connectivity index (χ1v) is 6.81. The highest BCUT2D eigenvalue weighted by Gasteiger charge is 2.11. The van der Waals surface area contributed by atoms with Crippen molar-refractivity contribution in [2.24, 2.45) is 0 Å². The highest BCUT2D eigenvalue weighted by atomic mass is 19.1. The topological polar surface area (TPSA) is 110 Å². The van der Waals surface area contributed by atoms with Gasteiger partial charge in [0.1, 0.15) is 12.5 Å². The number of hydrogen-bond acceptors (Lipinski definition) is 6. The van der Waals surface area contributed by atoms with Gasteiger partial charge in [0.05, 0.1) is 17.8 Å². The Labute approximate surface area is 132 Å². The fraction of sp³-hybridized carbons (Fsp3) is 0.200. The number of halogens is 1. The van der Waals surface area contributed by atoms with Gasteiger partial charge in [0.25, 0.3) is 0 Å². The number of carbonyl (C=O) groups excluding carboxylic acids is 2. The Morgan fingerprint density at radius 3 is 2.87 bits per heavy atom. The van der Waals surface area contributed by atoms with Gasteiger partial charge in [0.2, 0.25) is 11.9 Å². The van der Waals surface area contributed by atoms with E-state index in [0.717, 1.165) is 0 Å². The Morgan fingerprint density at radius 1 is 1.39 bits per heavy atom. The summed E-state index contributed by atoms with van der Waals surface area (Å²) in [4.78, 5) is 30.8. The quantitative estimate of drug-likeness (QED) is 0.699. The molecule has 0 radical (unpaired) electrons. The van der Waals surface area contributed by atoms with E-state index in [4.69, 9.17) is 5.73 Å². The van der Waals surface area contributed by atoms with E-state index < -0.39 is 6.67 Å². The minimum Gasteiger partial charge on any atom is -0.368 e. The molecular weight excluding hydrogens is 301 g/mol. The van der Waals surface area contributed by atoms with Gasteiger partial charge >= 0.3 is 0 Å². The summed E-state index contributed by atoms with van der Waals surface area (Å²) in [5.41, 5.74) is 7.15. The predicted molar refractivity (Wildman–Crippen MR) is 84.9 cm³/mol. The molecule has 7 nitrogen and oxygen atoms in total. The summed E-state index contributed by atoms with van der Waals surface area (Å²) in [7, 11) is 0. The van der Waals surface area contributed by atoms with Crippen LogP contribution >= 0.6 is 0 Å². The number of nitrogens with two attached hydrogens (primary N) is 1. The summed E-state index contributed by atoms with van der Waals surface area (Å²) in [6.45, 7) is 0.885. The smallest absolute Gasteiger partial charge is 0.243 e. The number of rotatable bonds is 6. The van der Waals surface area contributed by atoms with Gasteiger partial charge in [0.15, 0.2) is 6.29 Å². The zero-order valence-corrected chi connectivity index (χ0v) is 12.5. The summed E-state index contributed by atoms with van der Waals surface area (Å²) in [5, 5.41) is 5.37. The van der Waals surface area contributed by atoms with Crippen molar-refractivity contribution in [2.45, 2.75) is 13.6 Å². The predicted octanol–water partition coefficient (Wildman–Crippen LogP) is 1.70. The van der Waals surface area contributed by atoms with Gasteiger partial charge in [-0.3, -0.25) is 9.59 Å². The minimum atomic E-state index is -0.607.